The van der Waals surface area contributed by atoms with E-state index in [1.807, 2.05) is 12.4 Å². The monoisotopic (exact) mass is 276 g/mol. The van der Waals surface area contributed by atoms with Gasteiger partial charge in [-0.15, -0.1) is 0 Å². The molecule has 3 aromatic rings. The highest BCUT2D eigenvalue weighted by Crippen LogP contribution is 2.22. The number of fused-ring (bicyclic) bond motifs is 1. The first-order valence-electron chi connectivity index (χ1n) is 7.39. The normalized spacial score (nSPS) is 14.0. The first-order valence-corrected chi connectivity index (χ1v) is 7.39. The van der Waals surface area contributed by atoms with Crippen LogP contribution < -0.4 is 5.32 Å². The lowest BCUT2D eigenvalue weighted by molar-refractivity contribution is 0.494. The lowest BCUT2D eigenvalue weighted by Crippen LogP contribution is -2.22. The summed E-state index contributed by atoms with van der Waals surface area (Å²) >= 11 is 0. The minimum absolute atomic E-state index is 0.300. The molecule has 1 N–H and O–H groups in total. The second-order valence-electron chi connectivity index (χ2n) is 5.50. The molecule has 0 spiro atoms. The van der Waals surface area contributed by atoms with Gasteiger partial charge in [0.15, 0.2) is 0 Å². The Labute approximate surface area is 125 Å². The first kappa shape index (κ1) is 13.8. The summed E-state index contributed by atoms with van der Waals surface area (Å²) in [7, 11) is 0. The van der Waals surface area contributed by atoms with E-state index in [0.29, 0.717) is 12.1 Å². The number of rotatable bonds is 4. The summed E-state index contributed by atoms with van der Waals surface area (Å²) in [6.07, 6.45) is 3.68. The third-order valence-corrected chi connectivity index (χ3v) is 3.98. The first-order chi connectivity index (χ1) is 10.2. The maximum Gasteiger partial charge on any atom is 0.0298 e. The van der Waals surface area contributed by atoms with E-state index < -0.39 is 0 Å². The number of hydrogen-bond acceptors (Lipinski definition) is 2. The molecule has 0 aliphatic carbocycles. The molecule has 2 heteroatoms. The number of hydrogen-bond donors (Lipinski definition) is 1. The Bertz CT molecular complexity index is 722. The van der Waals surface area contributed by atoms with E-state index in [2.05, 4.69) is 78.7 Å². The van der Waals surface area contributed by atoms with Crippen molar-refractivity contribution in [1.29, 1.82) is 0 Å². The molecule has 1 unspecified atom stereocenters. The molecule has 0 radical (unpaired) electrons. The molecule has 0 aliphatic heterocycles. The smallest absolute Gasteiger partial charge is 0.0298 e. The van der Waals surface area contributed by atoms with Crippen LogP contribution in [0.1, 0.15) is 37.1 Å². The Hall–Kier alpha value is -2.19. The maximum absolute atomic E-state index is 4.07. The lowest BCUT2D eigenvalue weighted by atomic mass is 10.0. The molecule has 2 atom stereocenters. The molecule has 1 aromatic heterocycles. The molecule has 0 fully saturated rings. The summed E-state index contributed by atoms with van der Waals surface area (Å²) in [4.78, 5) is 4.07. The van der Waals surface area contributed by atoms with Crippen molar-refractivity contribution in [3.63, 3.8) is 0 Å². The zero-order chi connectivity index (χ0) is 14.7. The van der Waals surface area contributed by atoms with Crippen LogP contribution in [0, 0.1) is 0 Å². The molecule has 2 nitrogen and oxygen atoms in total. The number of pyridine rings is 1. The Morgan fingerprint density at radius 2 is 1.43 bits per heavy atom. The van der Waals surface area contributed by atoms with Crippen molar-refractivity contribution in [2.45, 2.75) is 25.9 Å². The van der Waals surface area contributed by atoms with Gasteiger partial charge in [-0.05, 0) is 53.9 Å². The maximum atomic E-state index is 4.07. The molecule has 0 amide bonds. The zero-order valence-corrected chi connectivity index (χ0v) is 12.5. The predicted octanol–water partition coefficient (Wildman–Crippen LogP) is 4.65. The van der Waals surface area contributed by atoms with Gasteiger partial charge in [0.1, 0.15) is 0 Å². The topological polar surface area (TPSA) is 24.9 Å². The minimum atomic E-state index is 0.300. The van der Waals surface area contributed by atoms with Crippen molar-refractivity contribution >= 4 is 10.8 Å². The van der Waals surface area contributed by atoms with Crippen molar-refractivity contribution in [2.24, 2.45) is 0 Å². The Balaban J connectivity index is 1.79. The van der Waals surface area contributed by atoms with Gasteiger partial charge < -0.3 is 5.32 Å². The molecule has 2 aromatic carbocycles. The van der Waals surface area contributed by atoms with Crippen LogP contribution in [0.25, 0.3) is 10.8 Å². The van der Waals surface area contributed by atoms with E-state index in [-0.39, 0.29) is 0 Å². The fourth-order valence-electron chi connectivity index (χ4n) is 2.70. The molecule has 21 heavy (non-hydrogen) atoms. The van der Waals surface area contributed by atoms with Gasteiger partial charge in [-0.2, -0.15) is 0 Å². The number of nitrogens with zero attached hydrogens (tertiary/aromatic N) is 1. The quantitative estimate of drug-likeness (QED) is 0.750. The summed E-state index contributed by atoms with van der Waals surface area (Å²) in [5.41, 5.74) is 2.58. The minimum Gasteiger partial charge on any atom is -0.304 e. The fraction of sp³-hybridized carbons (Fsp3) is 0.211. The second kappa shape index (κ2) is 6.06. The molecule has 3 rings (SSSR count). The highest BCUT2D eigenvalue weighted by atomic mass is 14.9. The van der Waals surface area contributed by atoms with E-state index >= 15 is 0 Å². The van der Waals surface area contributed by atoms with Gasteiger partial charge in [0.25, 0.3) is 0 Å². The van der Waals surface area contributed by atoms with Crippen LogP contribution in [0.2, 0.25) is 0 Å². The summed E-state index contributed by atoms with van der Waals surface area (Å²) in [6.45, 7) is 4.40. The van der Waals surface area contributed by atoms with E-state index in [1.165, 1.54) is 21.9 Å². The summed E-state index contributed by atoms with van der Waals surface area (Å²) < 4.78 is 0. The van der Waals surface area contributed by atoms with Crippen LogP contribution in [0.5, 0.6) is 0 Å². The highest BCUT2D eigenvalue weighted by Gasteiger charge is 2.11. The third-order valence-electron chi connectivity index (χ3n) is 3.98. The van der Waals surface area contributed by atoms with E-state index in [1.54, 1.807) is 0 Å². The van der Waals surface area contributed by atoms with Crippen molar-refractivity contribution in [3.05, 3.63) is 78.1 Å². The average Bonchev–Trinajstić information content (AvgIpc) is 2.55. The van der Waals surface area contributed by atoms with Crippen molar-refractivity contribution in [3.8, 4) is 0 Å². The molecule has 0 saturated heterocycles. The third kappa shape index (κ3) is 3.11. The number of nitrogens with one attached hydrogen (secondary N) is 1. The van der Waals surface area contributed by atoms with Crippen LogP contribution >= 0.6 is 0 Å². The van der Waals surface area contributed by atoms with Gasteiger partial charge in [0.2, 0.25) is 0 Å². The van der Waals surface area contributed by atoms with Gasteiger partial charge in [-0.25, -0.2) is 0 Å². The molecule has 1 heterocycles. The molecule has 0 aliphatic rings. The standard InChI is InChI=1S/C19H20N2/c1-14(16-9-11-20-12-10-16)21-15(2)18-8-7-17-5-3-4-6-19(17)13-18/h3-15,21H,1-2H3/t14-,15?/m1/s1. The SMILES string of the molecule is CC(N[C@H](C)c1ccncc1)c1ccc2ccccc2c1. The van der Waals surface area contributed by atoms with Gasteiger partial charge in [0, 0.05) is 24.5 Å². The molecular formula is C19H20N2. The van der Waals surface area contributed by atoms with Crippen LogP contribution in [0.4, 0.5) is 0 Å². The molecule has 106 valence electrons. The van der Waals surface area contributed by atoms with Crippen molar-refractivity contribution in [2.75, 3.05) is 0 Å². The fourth-order valence-corrected chi connectivity index (χ4v) is 2.70. The van der Waals surface area contributed by atoms with Gasteiger partial charge in [-0.1, -0.05) is 36.4 Å². The molecule has 0 saturated carbocycles. The summed E-state index contributed by atoms with van der Waals surface area (Å²) in [6, 6.07) is 19.9. The van der Waals surface area contributed by atoms with Crippen LogP contribution in [-0.2, 0) is 0 Å². The van der Waals surface area contributed by atoms with Gasteiger partial charge in [-0.3, -0.25) is 4.98 Å². The second-order valence-corrected chi connectivity index (χ2v) is 5.50. The summed E-state index contributed by atoms with van der Waals surface area (Å²) in [5, 5.41) is 6.23. The lowest BCUT2D eigenvalue weighted by Gasteiger charge is -2.21. The van der Waals surface area contributed by atoms with E-state index in [4.69, 9.17) is 0 Å². The van der Waals surface area contributed by atoms with Crippen LogP contribution in [0.15, 0.2) is 67.0 Å². The van der Waals surface area contributed by atoms with Gasteiger partial charge in [0.05, 0.1) is 0 Å². The van der Waals surface area contributed by atoms with Crippen molar-refractivity contribution < 1.29 is 0 Å². The Kier molecular flexibility index (Phi) is 3.98. The zero-order valence-electron chi connectivity index (χ0n) is 12.5. The van der Waals surface area contributed by atoms with Crippen LogP contribution in [0.3, 0.4) is 0 Å². The number of aromatic nitrogens is 1. The van der Waals surface area contributed by atoms with Crippen LogP contribution in [-0.4, -0.2) is 4.98 Å². The molecule has 0 bridgehead atoms. The summed E-state index contributed by atoms with van der Waals surface area (Å²) in [5.74, 6) is 0. The number of benzene rings is 2. The predicted molar refractivity (Wildman–Crippen MR) is 88.2 cm³/mol. The largest absolute Gasteiger partial charge is 0.304 e. The Morgan fingerprint density at radius 1 is 0.762 bits per heavy atom. The highest BCUT2D eigenvalue weighted by molar-refractivity contribution is 5.83. The van der Waals surface area contributed by atoms with Crippen molar-refractivity contribution in [1.82, 2.24) is 10.3 Å². The van der Waals surface area contributed by atoms with E-state index in [9.17, 15) is 0 Å². The Morgan fingerprint density at radius 3 is 2.19 bits per heavy atom. The van der Waals surface area contributed by atoms with E-state index in [0.717, 1.165) is 0 Å². The molecular weight excluding hydrogens is 256 g/mol. The average molecular weight is 276 g/mol. The van der Waals surface area contributed by atoms with Gasteiger partial charge >= 0.3 is 0 Å².